The SMILES string of the molecule is Cc1ccc(C(C)(C)c2ccc(Oc3cc(-n4cc(F)cn4)ccn3)cc2)cc1. The predicted octanol–water partition coefficient (Wildman–Crippen LogP) is 5.83. The van der Waals surface area contributed by atoms with Crippen LogP contribution in [-0.2, 0) is 5.41 Å². The number of benzene rings is 2. The molecule has 29 heavy (non-hydrogen) atoms. The Bertz CT molecular complexity index is 1120. The fourth-order valence-electron chi connectivity index (χ4n) is 3.24. The molecule has 0 saturated heterocycles. The molecule has 2 aromatic heterocycles. The molecule has 2 aromatic carbocycles. The standard InChI is InChI=1S/C24H22FN3O/c1-17-4-6-18(7-5-17)24(2,3)19-8-10-22(11-9-19)29-23-14-21(12-13-26-23)28-16-20(25)15-27-28/h4-16H,1-3H3. The summed E-state index contributed by atoms with van der Waals surface area (Å²) in [6.45, 7) is 6.51. The van der Waals surface area contributed by atoms with Crippen LogP contribution in [-0.4, -0.2) is 14.8 Å². The number of hydrogen-bond acceptors (Lipinski definition) is 3. The van der Waals surface area contributed by atoms with Gasteiger partial charge in [0.25, 0.3) is 0 Å². The van der Waals surface area contributed by atoms with Crippen LogP contribution in [0.1, 0.15) is 30.5 Å². The van der Waals surface area contributed by atoms with Gasteiger partial charge in [0.05, 0.1) is 18.1 Å². The lowest BCUT2D eigenvalue weighted by Crippen LogP contribution is -2.18. The minimum absolute atomic E-state index is 0.117. The first-order chi connectivity index (χ1) is 13.9. The predicted molar refractivity (Wildman–Crippen MR) is 111 cm³/mol. The van der Waals surface area contributed by atoms with Crippen LogP contribution in [0, 0.1) is 12.7 Å². The molecule has 5 heteroatoms. The molecule has 0 aliphatic heterocycles. The second-order valence-corrected chi connectivity index (χ2v) is 7.57. The van der Waals surface area contributed by atoms with E-state index in [1.165, 1.54) is 27.6 Å². The van der Waals surface area contributed by atoms with Crippen molar-refractivity contribution in [2.45, 2.75) is 26.2 Å². The highest BCUT2D eigenvalue weighted by Gasteiger charge is 2.22. The summed E-state index contributed by atoms with van der Waals surface area (Å²) < 4.78 is 20.5. The highest BCUT2D eigenvalue weighted by Crippen LogP contribution is 2.33. The van der Waals surface area contributed by atoms with E-state index in [9.17, 15) is 4.39 Å². The van der Waals surface area contributed by atoms with Crippen LogP contribution in [0.4, 0.5) is 4.39 Å². The number of halogens is 1. The van der Waals surface area contributed by atoms with Gasteiger partial charge < -0.3 is 4.74 Å². The Morgan fingerprint density at radius 3 is 2.21 bits per heavy atom. The van der Waals surface area contributed by atoms with Gasteiger partial charge in [0.1, 0.15) is 5.75 Å². The highest BCUT2D eigenvalue weighted by atomic mass is 19.1. The van der Waals surface area contributed by atoms with Crippen LogP contribution in [0.25, 0.3) is 5.69 Å². The summed E-state index contributed by atoms with van der Waals surface area (Å²) in [5.41, 5.74) is 4.27. The largest absolute Gasteiger partial charge is 0.439 e. The van der Waals surface area contributed by atoms with Gasteiger partial charge in [-0.2, -0.15) is 5.10 Å². The summed E-state index contributed by atoms with van der Waals surface area (Å²) in [5.74, 6) is 0.713. The molecule has 0 radical (unpaired) electrons. The fraction of sp³-hybridized carbons (Fsp3) is 0.167. The molecule has 0 aliphatic carbocycles. The molecule has 0 atom stereocenters. The zero-order chi connectivity index (χ0) is 20.4. The lowest BCUT2D eigenvalue weighted by atomic mass is 9.78. The molecule has 0 N–H and O–H groups in total. The molecule has 4 rings (SSSR count). The van der Waals surface area contributed by atoms with Gasteiger partial charge in [-0.1, -0.05) is 55.8 Å². The van der Waals surface area contributed by atoms with Crippen LogP contribution < -0.4 is 4.74 Å². The van der Waals surface area contributed by atoms with Crippen molar-refractivity contribution < 1.29 is 9.13 Å². The van der Waals surface area contributed by atoms with Crippen LogP contribution in [0.2, 0.25) is 0 Å². The maximum absolute atomic E-state index is 13.2. The fourth-order valence-corrected chi connectivity index (χ4v) is 3.24. The van der Waals surface area contributed by atoms with E-state index in [1.54, 1.807) is 18.3 Å². The summed E-state index contributed by atoms with van der Waals surface area (Å²) in [7, 11) is 0. The van der Waals surface area contributed by atoms with Crippen molar-refractivity contribution in [2.75, 3.05) is 0 Å². The summed E-state index contributed by atoms with van der Waals surface area (Å²) >= 11 is 0. The number of aromatic nitrogens is 3. The quantitative estimate of drug-likeness (QED) is 0.432. The average Bonchev–Trinajstić information content (AvgIpc) is 3.15. The average molecular weight is 387 g/mol. The lowest BCUT2D eigenvalue weighted by molar-refractivity contribution is 0.461. The molecular formula is C24H22FN3O. The molecule has 0 aliphatic rings. The molecule has 4 nitrogen and oxygen atoms in total. The zero-order valence-corrected chi connectivity index (χ0v) is 16.6. The van der Waals surface area contributed by atoms with Gasteiger partial charge in [-0.15, -0.1) is 0 Å². The van der Waals surface area contributed by atoms with E-state index in [1.807, 2.05) is 12.1 Å². The number of hydrogen-bond donors (Lipinski definition) is 0. The molecule has 0 fully saturated rings. The minimum atomic E-state index is -0.393. The lowest BCUT2D eigenvalue weighted by Gasteiger charge is -2.26. The molecule has 0 bridgehead atoms. The van der Waals surface area contributed by atoms with Crippen LogP contribution in [0.3, 0.4) is 0 Å². The monoisotopic (exact) mass is 387 g/mol. The van der Waals surface area contributed by atoms with Crippen LogP contribution >= 0.6 is 0 Å². The van der Waals surface area contributed by atoms with E-state index in [0.29, 0.717) is 17.3 Å². The van der Waals surface area contributed by atoms with Gasteiger partial charge in [0, 0.05) is 17.7 Å². The topological polar surface area (TPSA) is 39.9 Å². The number of aryl methyl sites for hydroxylation is 1. The molecule has 0 unspecified atom stereocenters. The molecule has 0 saturated carbocycles. The van der Waals surface area contributed by atoms with Crippen LogP contribution in [0.15, 0.2) is 79.3 Å². The first kappa shape index (κ1) is 18.9. The Labute approximate surface area is 169 Å². The van der Waals surface area contributed by atoms with Gasteiger partial charge in [-0.25, -0.2) is 14.1 Å². The van der Waals surface area contributed by atoms with E-state index in [2.05, 4.69) is 67.3 Å². The van der Waals surface area contributed by atoms with Crippen molar-refractivity contribution >= 4 is 0 Å². The summed E-state index contributed by atoms with van der Waals surface area (Å²) in [5, 5.41) is 3.97. The Hall–Kier alpha value is -3.47. The van der Waals surface area contributed by atoms with E-state index in [-0.39, 0.29) is 5.41 Å². The molecular weight excluding hydrogens is 365 g/mol. The van der Waals surface area contributed by atoms with Crippen molar-refractivity contribution in [3.8, 4) is 17.3 Å². The van der Waals surface area contributed by atoms with Crippen molar-refractivity contribution in [3.05, 3.63) is 102 Å². The third kappa shape index (κ3) is 4.04. The maximum atomic E-state index is 13.2. The normalized spacial score (nSPS) is 11.4. The Kier molecular flexibility index (Phi) is 4.89. The van der Waals surface area contributed by atoms with Gasteiger partial charge in [0.15, 0.2) is 5.82 Å². The Balaban J connectivity index is 1.53. The first-order valence-corrected chi connectivity index (χ1v) is 9.44. The summed E-state index contributed by atoms with van der Waals surface area (Å²) in [4.78, 5) is 4.24. The second-order valence-electron chi connectivity index (χ2n) is 7.57. The Morgan fingerprint density at radius 1 is 0.931 bits per heavy atom. The molecule has 4 aromatic rings. The van der Waals surface area contributed by atoms with Gasteiger partial charge in [-0.3, -0.25) is 0 Å². The number of rotatable bonds is 5. The van der Waals surface area contributed by atoms with E-state index in [4.69, 9.17) is 4.74 Å². The van der Waals surface area contributed by atoms with E-state index in [0.717, 1.165) is 6.20 Å². The minimum Gasteiger partial charge on any atom is -0.439 e. The van der Waals surface area contributed by atoms with Gasteiger partial charge in [-0.05, 0) is 36.2 Å². The highest BCUT2D eigenvalue weighted by molar-refractivity contribution is 5.42. The number of ether oxygens (including phenoxy) is 1. The third-order valence-corrected chi connectivity index (χ3v) is 5.11. The summed E-state index contributed by atoms with van der Waals surface area (Å²) in [6, 6.07) is 20.1. The second kappa shape index (κ2) is 7.51. The third-order valence-electron chi connectivity index (χ3n) is 5.11. The van der Waals surface area contributed by atoms with Crippen molar-refractivity contribution in [1.29, 1.82) is 0 Å². The maximum Gasteiger partial charge on any atom is 0.221 e. The van der Waals surface area contributed by atoms with Crippen LogP contribution in [0.5, 0.6) is 11.6 Å². The molecule has 0 spiro atoms. The molecule has 2 heterocycles. The van der Waals surface area contributed by atoms with E-state index < -0.39 is 5.82 Å². The first-order valence-electron chi connectivity index (χ1n) is 9.44. The van der Waals surface area contributed by atoms with Gasteiger partial charge in [0.2, 0.25) is 5.88 Å². The number of pyridine rings is 1. The van der Waals surface area contributed by atoms with Crippen molar-refractivity contribution in [3.63, 3.8) is 0 Å². The molecule has 146 valence electrons. The zero-order valence-electron chi connectivity index (χ0n) is 16.6. The van der Waals surface area contributed by atoms with E-state index >= 15 is 0 Å². The molecule has 0 amide bonds. The Morgan fingerprint density at radius 2 is 1.59 bits per heavy atom. The number of nitrogens with zero attached hydrogens (tertiary/aromatic N) is 3. The van der Waals surface area contributed by atoms with Gasteiger partial charge >= 0.3 is 0 Å². The summed E-state index contributed by atoms with van der Waals surface area (Å²) in [6.07, 6.45) is 4.08. The smallest absolute Gasteiger partial charge is 0.221 e. The van der Waals surface area contributed by atoms with Crippen molar-refractivity contribution in [1.82, 2.24) is 14.8 Å². The van der Waals surface area contributed by atoms with Crippen molar-refractivity contribution in [2.24, 2.45) is 0 Å².